The highest BCUT2D eigenvalue weighted by Gasteiger charge is 2.30. The number of carbonyl (C=O) groups excluding carboxylic acids is 1. The average molecular weight is 282 g/mol. The Hall–Kier alpha value is -1.42. The summed E-state index contributed by atoms with van der Waals surface area (Å²) in [5.74, 6) is 0.687. The van der Waals surface area contributed by atoms with E-state index in [1.165, 1.54) is 6.42 Å². The molecule has 1 aliphatic rings. The van der Waals surface area contributed by atoms with Gasteiger partial charge in [-0.15, -0.1) is 0 Å². The van der Waals surface area contributed by atoms with Crippen LogP contribution in [-0.4, -0.2) is 11.9 Å². The lowest BCUT2D eigenvalue weighted by molar-refractivity contribution is 0.100. The van der Waals surface area contributed by atoms with Gasteiger partial charge in [-0.05, 0) is 36.8 Å². The highest BCUT2D eigenvalue weighted by molar-refractivity contribution is 6.34. The molecule has 19 heavy (non-hydrogen) atoms. The molecule has 0 saturated heterocycles. The van der Waals surface area contributed by atoms with E-state index in [-0.39, 0.29) is 0 Å². The molecule has 0 heterocycles. The second kappa shape index (κ2) is 5.29. The molecule has 2 rings (SSSR count). The summed E-state index contributed by atoms with van der Waals surface area (Å²) in [6, 6.07) is 3.52. The SMILES string of the molecule is CC1CCC(Nc2c(Cl)cc(N)cc2C(N)=O)C1C. The van der Waals surface area contributed by atoms with E-state index in [1.807, 2.05) is 0 Å². The van der Waals surface area contributed by atoms with Gasteiger partial charge in [-0.2, -0.15) is 0 Å². The molecule has 5 heteroatoms. The van der Waals surface area contributed by atoms with Crippen LogP contribution >= 0.6 is 11.6 Å². The number of nitrogens with one attached hydrogen (secondary N) is 1. The van der Waals surface area contributed by atoms with E-state index in [4.69, 9.17) is 23.1 Å². The van der Waals surface area contributed by atoms with Crippen molar-refractivity contribution >= 4 is 28.9 Å². The van der Waals surface area contributed by atoms with Gasteiger partial charge >= 0.3 is 0 Å². The van der Waals surface area contributed by atoms with Crippen LogP contribution in [0.2, 0.25) is 5.02 Å². The van der Waals surface area contributed by atoms with Crippen LogP contribution in [0.15, 0.2) is 12.1 Å². The molecule has 1 aliphatic carbocycles. The number of carbonyl (C=O) groups is 1. The maximum Gasteiger partial charge on any atom is 0.250 e. The summed E-state index contributed by atoms with van der Waals surface area (Å²) in [7, 11) is 0. The molecule has 104 valence electrons. The number of hydrogen-bond acceptors (Lipinski definition) is 3. The fraction of sp³-hybridized carbons (Fsp3) is 0.500. The van der Waals surface area contributed by atoms with Gasteiger partial charge < -0.3 is 16.8 Å². The van der Waals surface area contributed by atoms with Crippen LogP contribution in [0.25, 0.3) is 0 Å². The summed E-state index contributed by atoms with van der Waals surface area (Å²) in [6.07, 6.45) is 2.25. The molecule has 0 aromatic heterocycles. The van der Waals surface area contributed by atoms with Gasteiger partial charge in [0, 0.05) is 11.7 Å². The number of rotatable bonds is 3. The lowest BCUT2D eigenvalue weighted by Crippen LogP contribution is -2.26. The average Bonchev–Trinajstić information content (AvgIpc) is 2.63. The van der Waals surface area contributed by atoms with Gasteiger partial charge in [0.1, 0.15) is 0 Å². The minimum absolute atomic E-state index is 0.314. The molecule has 4 nitrogen and oxygen atoms in total. The van der Waals surface area contributed by atoms with Gasteiger partial charge in [-0.1, -0.05) is 25.4 Å². The fourth-order valence-electron chi connectivity index (χ4n) is 2.72. The van der Waals surface area contributed by atoms with Crippen molar-refractivity contribution in [2.75, 3.05) is 11.1 Å². The van der Waals surface area contributed by atoms with Crippen LogP contribution in [-0.2, 0) is 0 Å². The number of halogens is 1. The first-order chi connectivity index (χ1) is 8.90. The topological polar surface area (TPSA) is 81.1 Å². The number of primary amides is 1. The van der Waals surface area contributed by atoms with E-state index in [1.54, 1.807) is 12.1 Å². The summed E-state index contributed by atoms with van der Waals surface area (Å²) in [5, 5.41) is 3.82. The second-order valence-corrected chi connectivity index (χ2v) is 5.86. The Labute approximate surface area is 118 Å². The zero-order chi connectivity index (χ0) is 14.2. The molecule has 1 saturated carbocycles. The van der Waals surface area contributed by atoms with Gasteiger partial charge in [0.05, 0.1) is 16.3 Å². The zero-order valence-corrected chi connectivity index (χ0v) is 12.0. The Bertz CT molecular complexity index is 504. The van der Waals surface area contributed by atoms with Crippen LogP contribution in [0, 0.1) is 11.8 Å². The first kappa shape index (κ1) is 14.0. The molecule has 1 fully saturated rings. The minimum Gasteiger partial charge on any atom is -0.399 e. The third-order valence-electron chi connectivity index (χ3n) is 4.17. The van der Waals surface area contributed by atoms with E-state index in [9.17, 15) is 4.79 Å². The van der Waals surface area contributed by atoms with Gasteiger partial charge in [0.25, 0.3) is 5.91 Å². The highest BCUT2D eigenvalue weighted by Crippen LogP contribution is 2.36. The second-order valence-electron chi connectivity index (χ2n) is 5.45. The normalized spacial score (nSPS) is 26.4. The number of anilines is 2. The first-order valence-corrected chi connectivity index (χ1v) is 6.93. The first-order valence-electron chi connectivity index (χ1n) is 6.55. The van der Waals surface area contributed by atoms with Crippen molar-refractivity contribution in [1.29, 1.82) is 0 Å². The number of nitrogens with two attached hydrogens (primary N) is 2. The lowest BCUT2D eigenvalue weighted by Gasteiger charge is -2.23. The molecular formula is C14H20ClN3O. The van der Waals surface area contributed by atoms with Gasteiger partial charge in [0.15, 0.2) is 0 Å². The Kier molecular flexibility index (Phi) is 3.90. The van der Waals surface area contributed by atoms with Crippen LogP contribution < -0.4 is 16.8 Å². The van der Waals surface area contributed by atoms with Crippen molar-refractivity contribution in [3.05, 3.63) is 22.7 Å². The summed E-state index contributed by atoms with van der Waals surface area (Å²) in [6.45, 7) is 4.45. The Morgan fingerprint density at radius 2 is 2.05 bits per heavy atom. The van der Waals surface area contributed by atoms with Crippen LogP contribution in [0.4, 0.5) is 11.4 Å². The lowest BCUT2D eigenvalue weighted by atomic mass is 9.97. The minimum atomic E-state index is -0.518. The van der Waals surface area contributed by atoms with E-state index in [0.717, 1.165) is 6.42 Å². The quantitative estimate of drug-likeness (QED) is 0.745. The molecule has 3 unspecified atom stereocenters. The molecule has 5 N–H and O–H groups in total. The zero-order valence-electron chi connectivity index (χ0n) is 11.2. The van der Waals surface area contributed by atoms with Crippen LogP contribution in [0.1, 0.15) is 37.0 Å². The van der Waals surface area contributed by atoms with Crippen LogP contribution in [0.3, 0.4) is 0 Å². The largest absolute Gasteiger partial charge is 0.399 e. The molecule has 0 spiro atoms. The van der Waals surface area contributed by atoms with E-state index < -0.39 is 5.91 Å². The maximum atomic E-state index is 11.5. The Morgan fingerprint density at radius 1 is 1.37 bits per heavy atom. The van der Waals surface area contributed by atoms with E-state index >= 15 is 0 Å². The molecule has 0 aliphatic heterocycles. The molecule has 0 bridgehead atoms. The maximum absolute atomic E-state index is 11.5. The van der Waals surface area contributed by atoms with Crippen molar-refractivity contribution < 1.29 is 4.79 Å². The standard InChI is InChI=1S/C14H20ClN3O/c1-7-3-4-12(8(7)2)18-13-10(14(17)19)5-9(16)6-11(13)15/h5-8,12,18H,3-4,16H2,1-2H3,(H2,17,19). The third-order valence-corrected chi connectivity index (χ3v) is 4.47. The summed E-state index contributed by atoms with van der Waals surface area (Å²) < 4.78 is 0. The smallest absolute Gasteiger partial charge is 0.250 e. The Balaban J connectivity index is 2.32. The third kappa shape index (κ3) is 2.78. The summed E-state index contributed by atoms with van der Waals surface area (Å²) in [4.78, 5) is 11.5. The molecule has 0 radical (unpaired) electrons. The summed E-state index contributed by atoms with van der Waals surface area (Å²) in [5.41, 5.74) is 12.5. The number of hydrogen-bond donors (Lipinski definition) is 3. The predicted octanol–water partition coefficient (Wildman–Crippen LogP) is 2.87. The van der Waals surface area contributed by atoms with Crippen molar-refractivity contribution in [2.24, 2.45) is 17.6 Å². The van der Waals surface area contributed by atoms with Crippen LogP contribution in [0.5, 0.6) is 0 Å². The monoisotopic (exact) mass is 281 g/mol. The number of amides is 1. The molecule has 1 aromatic carbocycles. The van der Waals surface area contributed by atoms with Crippen molar-refractivity contribution in [2.45, 2.75) is 32.7 Å². The van der Waals surface area contributed by atoms with Crippen molar-refractivity contribution in [3.8, 4) is 0 Å². The van der Waals surface area contributed by atoms with Crippen molar-refractivity contribution in [1.82, 2.24) is 0 Å². The predicted molar refractivity (Wildman–Crippen MR) is 79.4 cm³/mol. The fourth-order valence-corrected chi connectivity index (χ4v) is 3.00. The van der Waals surface area contributed by atoms with Gasteiger partial charge in [-0.25, -0.2) is 0 Å². The number of nitrogen functional groups attached to an aromatic ring is 1. The summed E-state index contributed by atoms with van der Waals surface area (Å²) >= 11 is 6.19. The van der Waals surface area contributed by atoms with E-state index in [0.29, 0.717) is 39.8 Å². The van der Waals surface area contributed by atoms with Gasteiger partial charge in [-0.3, -0.25) is 4.79 Å². The number of benzene rings is 1. The van der Waals surface area contributed by atoms with E-state index in [2.05, 4.69) is 19.2 Å². The molecular weight excluding hydrogens is 262 g/mol. The Morgan fingerprint density at radius 3 is 2.58 bits per heavy atom. The molecule has 1 aromatic rings. The highest BCUT2D eigenvalue weighted by atomic mass is 35.5. The van der Waals surface area contributed by atoms with Gasteiger partial charge in [0.2, 0.25) is 0 Å². The molecule has 1 amide bonds. The molecule has 3 atom stereocenters. The van der Waals surface area contributed by atoms with Crippen molar-refractivity contribution in [3.63, 3.8) is 0 Å².